The van der Waals surface area contributed by atoms with Gasteiger partial charge in [0.1, 0.15) is 0 Å². The molecule has 63 heavy (non-hydrogen) atoms. The van der Waals surface area contributed by atoms with Crippen LogP contribution in [0.4, 0.5) is 0 Å². The third kappa shape index (κ3) is 44.1. The maximum Gasteiger partial charge on any atom is 0 e. The average Bonchev–Trinajstić information content (AvgIpc) is 3.18. The highest BCUT2D eigenvalue weighted by atomic mass is 14.2. The van der Waals surface area contributed by atoms with Crippen LogP contribution in [0.5, 0.6) is 0 Å². The van der Waals surface area contributed by atoms with Crippen LogP contribution in [0.15, 0.2) is 48.5 Å². The molecule has 0 heteroatoms. The van der Waals surface area contributed by atoms with E-state index in [1.165, 1.54) is 151 Å². The second-order valence-corrected chi connectivity index (χ2v) is 21.1. The Hall–Kier alpha value is -1.56. The molecule has 0 aliphatic heterocycles. The Kier molecular flexibility index (Phi) is 54.8. The van der Waals surface area contributed by atoms with Gasteiger partial charge in [-0.1, -0.05) is 320 Å². The summed E-state index contributed by atoms with van der Waals surface area (Å²) in [6.45, 7) is 32.1. The molecule has 0 saturated heterocycles. The summed E-state index contributed by atoms with van der Waals surface area (Å²) in [6, 6.07) is 17.0. The van der Waals surface area contributed by atoms with Gasteiger partial charge in [-0.15, -0.1) is 0 Å². The Morgan fingerprint density at radius 2 is 0.270 bits per heavy atom. The van der Waals surface area contributed by atoms with E-state index >= 15 is 0 Å². The molecule has 2 aromatic carbocycles. The maximum atomic E-state index is 2.37. The summed E-state index contributed by atoms with van der Waals surface area (Å²) >= 11 is 0. The molecule has 0 spiro atoms. The van der Waals surface area contributed by atoms with Gasteiger partial charge in [0.05, 0.1) is 0 Å². The molecule has 384 valence electrons. The van der Waals surface area contributed by atoms with Crippen LogP contribution in [0.3, 0.4) is 0 Å². The smallest absolute Gasteiger partial charge is 0 e. The Bertz CT molecular complexity index is 879. The first-order valence-corrected chi connectivity index (χ1v) is 24.6. The molecular weight excluding hydrogens is 757 g/mol. The summed E-state index contributed by atoms with van der Waals surface area (Å²) < 4.78 is 0. The lowest BCUT2D eigenvalue weighted by atomic mass is 9.84. The van der Waals surface area contributed by atoms with E-state index in [1.54, 1.807) is 0 Å². The van der Waals surface area contributed by atoms with Crippen LogP contribution in [0, 0.1) is 86.9 Å². The van der Waals surface area contributed by atoms with Crippen LogP contribution in [-0.2, 0) is 0 Å². The van der Waals surface area contributed by atoms with Crippen molar-refractivity contribution < 1.29 is 2.85 Å². The van der Waals surface area contributed by atoms with Gasteiger partial charge < -0.3 is 0 Å². The topological polar surface area (TPSA) is 0 Å². The quantitative estimate of drug-likeness (QED) is 0.247. The minimum absolute atomic E-state index is 0. The number of benzene rings is 2. The third-order valence-corrected chi connectivity index (χ3v) is 14.0. The molecule has 0 heterocycles. The van der Waals surface area contributed by atoms with Gasteiger partial charge in [0.25, 0.3) is 0 Å². The Morgan fingerprint density at radius 3 is 0.333 bits per heavy atom. The molecule has 0 bridgehead atoms. The first kappa shape index (κ1) is 75.7. The third-order valence-electron chi connectivity index (χ3n) is 14.0. The van der Waals surface area contributed by atoms with Crippen molar-refractivity contribution in [3.8, 4) is 0 Å². The van der Waals surface area contributed by atoms with Crippen molar-refractivity contribution in [3.05, 3.63) is 70.8 Å². The average molecular weight is 890 g/mol. The van der Waals surface area contributed by atoms with Gasteiger partial charge in [-0.25, -0.2) is 0 Å². The maximum absolute atomic E-state index is 2.37. The van der Waals surface area contributed by atoms with Gasteiger partial charge in [-0.05, 0) is 86.9 Å². The monoisotopic (exact) mass is 889 g/mol. The van der Waals surface area contributed by atoms with Crippen LogP contribution in [0.25, 0.3) is 0 Å². The Morgan fingerprint density at radius 1 is 0.206 bits per heavy atom. The molecule has 0 N–H and O–H groups in total. The minimum Gasteiger partial charge on any atom is -0.0776 e. The zero-order valence-corrected chi connectivity index (χ0v) is 40.5. The largest absolute Gasteiger partial charge is 0.0776 e. The Labute approximate surface area is 408 Å². The van der Waals surface area contributed by atoms with Gasteiger partial charge in [0, 0.05) is 2.85 Å². The SMILES string of the molecule is C.C.C.C.C.C.C.CC1CCC(C)CC1.CC1CCC(C)CC1.CC1CCC(C)CC1.CC1CCC(C)CC1.CC1CCC(C)CC1.Cc1ccc(C)cc1.Cc1ccc(C)cc1.[HH].[HH]. The molecule has 2 aromatic rings. The predicted octanol–water partition coefficient (Wildman–Crippen LogP) is 23.7. The summed E-state index contributed by atoms with van der Waals surface area (Å²) in [7, 11) is 0. The number of rotatable bonds is 0. The molecule has 0 atom stereocenters. The van der Waals surface area contributed by atoms with Crippen LogP contribution in [0.1, 0.15) is 275 Å². The normalized spacial score (nSPS) is 27.6. The van der Waals surface area contributed by atoms with Crippen LogP contribution >= 0.6 is 0 Å². The van der Waals surface area contributed by atoms with Gasteiger partial charge in [-0.2, -0.15) is 0 Å². The van der Waals surface area contributed by atoms with E-state index in [2.05, 4.69) is 145 Å². The van der Waals surface area contributed by atoms with Crippen molar-refractivity contribution in [2.45, 2.75) is 277 Å². The Balaban J connectivity index is -0.0000000786. The van der Waals surface area contributed by atoms with Crippen LogP contribution in [-0.4, -0.2) is 0 Å². The van der Waals surface area contributed by atoms with Crippen molar-refractivity contribution in [1.82, 2.24) is 0 Å². The lowest BCUT2D eigenvalue weighted by Crippen LogP contribution is -2.08. The lowest BCUT2D eigenvalue weighted by Gasteiger charge is -2.22. The van der Waals surface area contributed by atoms with Gasteiger partial charge in [-0.3, -0.25) is 0 Å². The first-order valence-electron chi connectivity index (χ1n) is 24.6. The molecule has 5 saturated carbocycles. The van der Waals surface area contributed by atoms with E-state index in [9.17, 15) is 0 Å². The van der Waals surface area contributed by atoms with Crippen LogP contribution < -0.4 is 0 Å². The molecule has 5 aliphatic carbocycles. The zero-order chi connectivity index (χ0) is 41.9. The van der Waals surface area contributed by atoms with E-state index in [1.807, 2.05) is 0 Å². The fourth-order valence-corrected chi connectivity index (χ4v) is 8.41. The second kappa shape index (κ2) is 45.6. The predicted molar refractivity (Wildman–Crippen MR) is 307 cm³/mol. The summed E-state index contributed by atoms with van der Waals surface area (Å²) in [5.74, 6) is 10.2. The first-order chi connectivity index (χ1) is 26.5. The van der Waals surface area contributed by atoms with E-state index in [0.29, 0.717) is 0 Å². The van der Waals surface area contributed by atoms with Crippen molar-refractivity contribution >= 4 is 0 Å². The molecule has 5 fully saturated rings. The summed E-state index contributed by atoms with van der Waals surface area (Å²) in [6.07, 6.45) is 29.5. The van der Waals surface area contributed by atoms with Crippen molar-refractivity contribution in [2.75, 3.05) is 0 Å². The van der Waals surface area contributed by atoms with Crippen LogP contribution in [0.2, 0.25) is 0 Å². The van der Waals surface area contributed by atoms with Gasteiger partial charge >= 0.3 is 0 Å². The van der Waals surface area contributed by atoms with E-state index in [-0.39, 0.29) is 54.8 Å². The van der Waals surface area contributed by atoms with E-state index < -0.39 is 0 Å². The fourth-order valence-electron chi connectivity index (χ4n) is 8.41. The summed E-state index contributed by atoms with van der Waals surface area (Å²) in [5, 5.41) is 0. The number of aryl methyl sites for hydroxylation is 4. The molecule has 5 aliphatic rings. The fraction of sp³-hybridized carbons (Fsp3) is 0.810. The number of hydrogen-bond acceptors (Lipinski definition) is 0. The van der Waals surface area contributed by atoms with Crippen molar-refractivity contribution in [2.24, 2.45) is 59.2 Å². The molecule has 7 rings (SSSR count). The minimum atomic E-state index is 0. The van der Waals surface area contributed by atoms with Crippen molar-refractivity contribution in [1.29, 1.82) is 0 Å². The number of hydrogen-bond donors (Lipinski definition) is 0. The molecule has 0 unspecified atom stereocenters. The zero-order valence-electron chi connectivity index (χ0n) is 40.5. The molecule has 0 aromatic heterocycles. The van der Waals surface area contributed by atoms with Gasteiger partial charge in [0.15, 0.2) is 0 Å². The second-order valence-electron chi connectivity index (χ2n) is 21.1. The molecule has 0 amide bonds. The lowest BCUT2D eigenvalue weighted by molar-refractivity contribution is 0.308. The highest BCUT2D eigenvalue weighted by Gasteiger charge is 2.16. The highest BCUT2D eigenvalue weighted by Crippen LogP contribution is 2.30. The summed E-state index contributed by atoms with van der Waals surface area (Å²) in [5.41, 5.74) is 5.32. The molecule has 0 radical (unpaired) electrons. The molecule has 0 nitrogen and oxygen atoms in total. The van der Waals surface area contributed by atoms with Crippen molar-refractivity contribution in [3.63, 3.8) is 0 Å². The molecular formula is C63H132. The standard InChI is InChI=1S/5C8H16.2C8H10.7CH4.2H2/c7*1-7-3-5-8(2)6-4-7;;;;;;;;;/h5*7-8H,3-6H2,1-2H3;2*3-6H,1-2H3;7*1H4;2*1H. The summed E-state index contributed by atoms with van der Waals surface area (Å²) in [4.78, 5) is 0. The van der Waals surface area contributed by atoms with E-state index in [4.69, 9.17) is 0 Å². The van der Waals surface area contributed by atoms with E-state index in [0.717, 1.165) is 59.2 Å². The highest BCUT2D eigenvalue weighted by molar-refractivity contribution is 5.20. The van der Waals surface area contributed by atoms with Gasteiger partial charge in [0.2, 0.25) is 0 Å².